The third-order valence-corrected chi connectivity index (χ3v) is 3.51. The molecule has 1 aromatic heterocycles. The summed E-state index contributed by atoms with van der Waals surface area (Å²) in [6.45, 7) is 4.78. The fourth-order valence-corrected chi connectivity index (χ4v) is 2.55. The van der Waals surface area contributed by atoms with Gasteiger partial charge in [0.1, 0.15) is 6.33 Å². The minimum absolute atomic E-state index is 0.0401. The molecular formula is C13H19N3O2. The van der Waals surface area contributed by atoms with Crippen molar-refractivity contribution in [1.82, 2.24) is 14.9 Å². The Bertz CT molecular complexity index is 396. The molecule has 0 unspecified atom stereocenters. The normalized spacial score (nSPS) is 24.8. The van der Waals surface area contributed by atoms with Crippen LogP contribution in [-0.2, 0) is 16.1 Å². The molecule has 1 aliphatic rings. The molecule has 1 saturated heterocycles. The summed E-state index contributed by atoms with van der Waals surface area (Å²) in [4.78, 5) is 21.9. The molecule has 5 heteroatoms. The lowest BCUT2D eigenvalue weighted by atomic mass is 9.87. The zero-order chi connectivity index (χ0) is 13.0. The smallest absolute Gasteiger partial charge is 0.309 e. The van der Waals surface area contributed by atoms with Gasteiger partial charge in [0, 0.05) is 31.0 Å². The van der Waals surface area contributed by atoms with E-state index < -0.39 is 0 Å². The molecule has 1 aromatic rings. The zero-order valence-electron chi connectivity index (χ0n) is 10.9. The standard InChI is InChI=1S/C13H19N3O2/c1-10-7-16(4-3-12(10)13(17)18-2)8-11-5-14-9-15-6-11/h5-6,9-10,12H,3-4,7-8H2,1-2H3/t10-,12+/m0/s1. The van der Waals surface area contributed by atoms with E-state index in [4.69, 9.17) is 4.74 Å². The van der Waals surface area contributed by atoms with E-state index >= 15 is 0 Å². The number of rotatable bonds is 3. The lowest BCUT2D eigenvalue weighted by molar-refractivity contribution is -0.149. The average Bonchev–Trinajstić information content (AvgIpc) is 2.39. The van der Waals surface area contributed by atoms with Gasteiger partial charge in [-0.3, -0.25) is 9.69 Å². The Kier molecular flexibility index (Phi) is 4.25. The SMILES string of the molecule is COC(=O)[C@@H]1CCN(Cc2cncnc2)C[C@@H]1C. The largest absolute Gasteiger partial charge is 0.469 e. The number of carbonyl (C=O) groups is 1. The second kappa shape index (κ2) is 5.91. The number of carbonyl (C=O) groups excluding carboxylic acids is 1. The van der Waals surface area contributed by atoms with Crippen LogP contribution in [0.5, 0.6) is 0 Å². The second-order valence-corrected chi connectivity index (χ2v) is 4.88. The maximum Gasteiger partial charge on any atom is 0.309 e. The van der Waals surface area contributed by atoms with Crippen molar-refractivity contribution < 1.29 is 9.53 Å². The Labute approximate surface area is 107 Å². The molecule has 0 radical (unpaired) electrons. The monoisotopic (exact) mass is 249 g/mol. The van der Waals surface area contributed by atoms with E-state index in [1.54, 1.807) is 0 Å². The van der Waals surface area contributed by atoms with Gasteiger partial charge in [-0.1, -0.05) is 6.92 Å². The van der Waals surface area contributed by atoms with E-state index in [1.807, 2.05) is 12.4 Å². The summed E-state index contributed by atoms with van der Waals surface area (Å²) in [5.41, 5.74) is 1.11. The summed E-state index contributed by atoms with van der Waals surface area (Å²) in [6, 6.07) is 0. The minimum atomic E-state index is -0.0785. The highest BCUT2D eigenvalue weighted by atomic mass is 16.5. The molecule has 0 aliphatic carbocycles. The van der Waals surface area contributed by atoms with Gasteiger partial charge in [-0.15, -0.1) is 0 Å². The summed E-state index contributed by atoms with van der Waals surface area (Å²) in [5, 5.41) is 0. The fourth-order valence-electron chi connectivity index (χ4n) is 2.55. The first kappa shape index (κ1) is 13.0. The van der Waals surface area contributed by atoms with E-state index in [0.717, 1.165) is 31.6 Å². The number of ether oxygens (including phenoxy) is 1. The molecule has 98 valence electrons. The average molecular weight is 249 g/mol. The molecule has 0 saturated carbocycles. The van der Waals surface area contributed by atoms with Crippen LogP contribution in [0.15, 0.2) is 18.7 Å². The van der Waals surface area contributed by atoms with Crippen LogP contribution in [0.3, 0.4) is 0 Å². The van der Waals surface area contributed by atoms with Crippen molar-refractivity contribution in [3.05, 3.63) is 24.3 Å². The van der Waals surface area contributed by atoms with Crippen LogP contribution in [-0.4, -0.2) is 41.0 Å². The Balaban J connectivity index is 1.90. The van der Waals surface area contributed by atoms with Gasteiger partial charge >= 0.3 is 5.97 Å². The van der Waals surface area contributed by atoms with Gasteiger partial charge in [-0.2, -0.15) is 0 Å². The number of nitrogens with zero attached hydrogens (tertiary/aromatic N) is 3. The number of likely N-dealkylation sites (tertiary alicyclic amines) is 1. The molecule has 0 N–H and O–H groups in total. The predicted molar refractivity (Wildman–Crippen MR) is 66.6 cm³/mol. The maximum absolute atomic E-state index is 11.6. The van der Waals surface area contributed by atoms with Gasteiger partial charge in [0.25, 0.3) is 0 Å². The summed E-state index contributed by atoms with van der Waals surface area (Å²) in [5.74, 6) is 0.291. The van der Waals surface area contributed by atoms with Crippen molar-refractivity contribution in [2.24, 2.45) is 11.8 Å². The Hall–Kier alpha value is -1.49. The number of hydrogen-bond acceptors (Lipinski definition) is 5. The van der Waals surface area contributed by atoms with E-state index in [-0.39, 0.29) is 11.9 Å². The van der Waals surface area contributed by atoms with Crippen LogP contribution in [0.1, 0.15) is 18.9 Å². The second-order valence-electron chi connectivity index (χ2n) is 4.88. The molecule has 2 heterocycles. The lowest BCUT2D eigenvalue weighted by Crippen LogP contribution is -2.42. The van der Waals surface area contributed by atoms with Crippen molar-refractivity contribution in [1.29, 1.82) is 0 Å². The highest BCUT2D eigenvalue weighted by Gasteiger charge is 2.31. The molecule has 2 atom stereocenters. The van der Waals surface area contributed by atoms with Crippen LogP contribution in [0, 0.1) is 11.8 Å². The number of hydrogen-bond donors (Lipinski definition) is 0. The van der Waals surface area contributed by atoms with Crippen molar-refractivity contribution in [3.8, 4) is 0 Å². The zero-order valence-corrected chi connectivity index (χ0v) is 10.9. The van der Waals surface area contributed by atoms with Gasteiger partial charge in [-0.25, -0.2) is 9.97 Å². The highest BCUT2D eigenvalue weighted by Crippen LogP contribution is 2.25. The Morgan fingerprint density at radius 1 is 1.50 bits per heavy atom. The van der Waals surface area contributed by atoms with Crippen molar-refractivity contribution in [2.45, 2.75) is 19.9 Å². The topological polar surface area (TPSA) is 55.3 Å². The molecule has 0 spiro atoms. The minimum Gasteiger partial charge on any atom is -0.469 e. The van der Waals surface area contributed by atoms with Gasteiger partial charge < -0.3 is 4.74 Å². The summed E-state index contributed by atoms with van der Waals surface area (Å²) in [6.07, 6.45) is 6.07. The van der Waals surface area contributed by atoms with Gasteiger partial charge in [-0.05, 0) is 18.9 Å². The molecular weight excluding hydrogens is 230 g/mol. The Morgan fingerprint density at radius 3 is 2.83 bits per heavy atom. The number of methoxy groups -OCH3 is 1. The van der Waals surface area contributed by atoms with Crippen molar-refractivity contribution in [2.75, 3.05) is 20.2 Å². The summed E-state index contributed by atoms with van der Waals surface area (Å²) in [7, 11) is 1.46. The third-order valence-electron chi connectivity index (χ3n) is 3.51. The van der Waals surface area contributed by atoms with Crippen LogP contribution >= 0.6 is 0 Å². The van der Waals surface area contributed by atoms with Crippen LogP contribution in [0.2, 0.25) is 0 Å². The Morgan fingerprint density at radius 2 is 2.22 bits per heavy atom. The first-order chi connectivity index (χ1) is 8.70. The third kappa shape index (κ3) is 3.04. The quantitative estimate of drug-likeness (QED) is 0.751. The molecule has 18 heavy (non-hydrogen) atoms. The van der Waals surface area contributed by atoms with Gasteiger partial charge in [0.15, 0.2) is 0 Å². The predicted octanol–water partition coefficient (Wildman–Crippen LogP) is 1.11. The number of esters is 1. The molecule has 5 nitrogen and oxygen atoms in total. The van der Waals surface area contributed by atoms with Crippen LogP contribution in [0.25, 0.3) is 0 Å². The van der Waals surface area contributed by atoms with Crippen molar-refractivity contribution in [3.63, 3.8) is 0 Å². The molecule has 0 amide bonds. The maximum atomic E-state index is 11.6. The number of aromatic nitrogens is 2. The van der Waals surface area contributed by atoms with Gasteiger partial charge in [0.05, 0.1) is 13.0 Å². The lowest BCUT2D eigenvalue weighted by Gasteiger charge is -2.35. The number of piperidine rings is 1. The fraction of sp³-hybridized carbons (Fsp3) is 0.615. The molecule has 1 fully saturated rings. The first-order valence-corrected chi connectivity index (χ1v) is 6.24. The first-order valence-electron chi connectivity index (χ1n) is 6.24. The highest BCUT2D eigenvalue weighted by molar-refractivity contribution is 5.72. The van der Waals surface area contributed by atoms with E-state index in [2.05, 4.69) is 21.8 Å². The molecule has 0 bridgehead atoms. The van der Waals surface area contributed by atoms with Gasteiger partial charge in [0.2, 0.25) is 0 Å². The summed E-state index contributed by atoms with van der Waals surface area (Å²) < 4.78 is 4.84. The van der Waals surface area contributed by atoms with Crippen molar-refractivity contribution >= 4 is 5.97 Å². The van der Waals surface area contributed by atoms with Crippen LogP contribution in [0.4, 0.5) is 0 Å². The van der Waals surface area contributed by atoms with E-state index in [1.165, 1.54) is 13.4 Å². The van der Waals surface area contributed by atoms with E-state index in [0.29, 0.717) is 5.92 Å². The van der Waals surface area contributed by atoms with E-state index in [9.17, 15) is 4.79 Å². The molecule has 1 aliphatic heterocycles. The molecule has 0 aromatic carbocycles. The molecule has 2 rings (SSSR count). The summed E-state index contributed by atoms with van der Waals surface area (Å²) >= 11 is 0. The van der Waals surface area contributed by atoms with Crippen LogP contribution < -0.4 is 0 Å².